The number of aliphatic imine (C=N–C) groups is 1. The molecule has 160 valence electrons. The number of hydrogen-bond donors (Lipinski definition) is 3. The second-order valence-electron chi connectivity index (χ2n) is 8.34. The zero-order valence-electron chi connectivity index (χ0n) is 17.4. The first-order valence-corrected chi connectivity index (χ1v) is 10.8. The van der Waals surface area contributed by atoms with Gasteiger partial charge in [0.15, 0.2) is 5.96 Å². The third-order valence-electron chi connectivity index (χ3n) is 6.30. The fraction of sp³-hybridized carbons (Fsp3) is 0.636. The lowest BCUT2D eigenvalue weighted by Gasteiger charge is -2.30. The van der Waals surface area contributed by atoms with Crippen molar-refractivity contribution in [3.8, 4) is 0 Å². The fourth-order valence-electron chi connectivity index (χ4n) is 4.17. The van der Waals surface area contributed by atoms with E-state index in [-0.39, 0.29) is 23.1 Å². The first kappa shape index (κ1) is 21.6. The van der Waals surface area contributed by atoms with Crippen molar-refractivity contribution in [2.75, 3.05) is 39.8 Å². The predicted molar refractivity (Wildman–Crippen MR) is 114 cm³/mol. The monoisotopic (exact) mass is 403 g/mol. The number of halogens is 1. The van der Waals surface area contributed by atoms with Crippen LogP contribution in [-0.2, 0) is 10.2 Å². The quantitative estimate of drug-likeness (QED) is 0.335. The number of nitrogens with zero attached hydrogens (tertiary/aromatic N) is 2. The van der Waals surface area contributed by atoms with Gasteiger partial charge in [-0.3, -0.25) is 9.79 Å². The molecule has 0 unspecified atom stereocenters. The number of nitrogens with two attached hydrogens (primary N) is 1. The van der Waals surface area contributed by atoms with Crippen LogP contribution in [0.25, 0.3) is 0 Å². The van der Waals surface area contributed by atoms with Crippen LogP contribution in [0, 0.1) is 11.7 Å². The van der Waals surface area contributed by atoms with Gasteiger partial charge < -0.3 is 21.3 Å². The summed E-state index contributed by atoms with van der Waals surface area (Å²) in [5.41, 5.74) is 6.10. The van der Waals surface area contributed by atoms with Crippen LogP contribution in [0.1, 0.15) is 44.1 Å². The van der Waals surface area contributed by atoms with Crippen LogP contribution in [0.2, 0.25) is 0 Å². The number of carbonyl (C=O) groups excluding carboxylic acids is 1. The standard InChI is InChI=1S/C22H34FN5O/c1-25-21(27-16-22(10-11-22)18-6-2-3-7-19(18)23)26-12-4-5-13-28-14-8-17(9-15-28)20(24)29/h2-3,6-7,17H,4-5,8-16H2,1H3,(H2,24,29)(H2,25,26,27). The number of nitrogens with one attached hydrogen (secondary N) is 2. The highest BCUT2D eigenvalue weighted by Crippen LogP contribution is 2.48. The molecule has 1 aromatic carbocycles. The SMILES string of the molecule is CN=C(NCCCCN1CCC(C(N)=O)CC1)NCC1(c2ccccc2F)CC1. The van der Waals surface area contributed by atoms with Gasteiger partial charge in [-0.15, -0.1) is 0 Å². The molecule has 1 amide bonds. The summed E-state index contributed by atoms with van der Waals surface area (Å²) >= 11 is 0. The number of likely N-dealkylation sites (tertiary alicyclic amines) is 1. The highest BCUT2D eigenvalue weighted by molar-refractivity contribution is 5.79. The number of hydrogen-bond acceptors (Lipinski definition) is 3. The van der Waals surface area contributed by atoms with E-state index in [1.54, 1.807) is 19.2 Å². The van der Waals surface area contributed by atoms with Gasteiger partial charge in [0.2, 0.25) is 5.91 Å². The third-order valence-corrected chi connectivity index (χ3v) is 6.30. The molecule has 1 aliphatic heterocycles. The predicted octanol–water partition coefficient (Wildman–Crippen LogP) is 2.00. The summed E-state index contributed by atoms with van der Waals surface area (Å²) in [6, 6.07) is 7.08. The molecular weight excluding hydrogens is 369 g/mol. The Balaban J connectivity index is 1.31. The van der Waals surface area contributed by atoms with Gasteiger partial charge in [-0.2, -0.15) is 0 Å². The molecule has 1 aromatic rings. The van der Waals surface area contributed by atoms with E-state index in [1.165, 1.54) is 0 Å². The largest absolute Gasteiger partial charge is 0.369 e. The van der Waals surface area contributed by atoms with Gasteiger partial charge in [0.25, 0.3) is 0 Å². The lowest BCUT2D eigenvalue weighted by Crippen LogP contribution is -2.42. The maximum Gasteiger partial charge on any atom is 0.220 e. The normalized spacial score (nSPS) is 19.7. The van der Waals surface area contributed by atoms with Crippen LogP contribution < -0.4 is 16.4 Å². The number of rotatable bonds is 9. The van der Waals surface area contributed by atoms with Gasteiger partial charge in [-0.05, 0) is 69.8 Å². The topological polar surface area (TPSA) is 82.8 Å². The first-order valence-electron chi connectivity index (χ1n) is 10.8. The molecule has 0 bridgehead atoms. The van der Waals surface area contributed by atoms with Gasteiger partial charge >= 0.3 is 0 Å². The number of carbonyl (C=O) groups is 1. The van der Waals surface area contributed by atoms with E-state index < -0.39 is 0 Å². The van der Waals surface area contributed by atoms with E-state index >= 15 is 0 Å². The Hall–Kier alpha value is -2.15. The van der Waals surface area contributed by atoms with E-state index in [0.29, 0.717) is 6.54 Å². The third kappa shape index (κ3) is 5.92. The van der Waals surface area contributed by atoms with Gasteiger partial charge in [-0.1, -0.05) is 18.2 Å². The van der Waals surface area contributed by atoms with Gasteiger partial charge in [0.05, 0.1) is 0 Å². The minimum Gasteiger partial charge on any atom is -0.369 e. The Kier molecular flexibility index (Phi) is 7.47. The van der Waals surface area contributed by atoms with Crippen molar-refractivity contribution < 1.29 is 9.18 Å². The van der Waals surface area contributed by atoms with E-state index in [4.69, 9.17) is 5.73 Å². The number of unbranched alkanes of at least 4 members (excludes halogenated alkanes) is 1. The Morgan fingerprint density at radius 2 is 1.97 bits per heavy atom. The van der Waals surface area contributed by atoms with Crippen molar-refractivity contribution in [3.05, 3.63) is 35.6 Å². The fourth-order valence-corrected chi connectivity index (χ4v) is 4.17. The summed E-state index contributed by atoms with van der Waals surface area (Å²) in [6.45, 7) is 4.52. The molecule has 2 fully saturated rings. The van der Waals surface area contributed by atoms with Crippen molar-refractivity contribution in [2.24, 2.45) is 16.6 Å². The molecule has 0 radical (unpaired) electrons. The molecule has 7 heteroatoms. The van der Waals surface area contributed by atoms with E-state index in [0.717, 1.165) is 76.2 Å². The molecule has 6 nitrogen and oxygen atoms in total. The summed E-state index contributed by atoms with van der Waals surface area (Å²) in [5.74, 6) is 0.557. The van der Waals surface area contributed by atoms with Crippen LogP contribution in [0.15, 0.2) is 29.3 Å². The van der Waals surface area contributed by atoms with Crippen LogP contribution in [0.5, 0.6) is 0 Å². The summed E-state index contributed by atoms with van der Waals surface area (Å²) in [5, 5.41) is 6.73. The average Bonchev–Trinajstić information content (AvgIpc) is 3.51. The molecule has 1 aliphatic carbocycles. The molecule has 4 N–H and O–H groups in total. The number of primary amides is 1. The van der Waals surface area contributed by atoms with Gasteiger partial charge in [0.1, 0.15) is 5.82 Å². The second kappa shape index (κ2) is 10.1. The van der Waals surface area contributed by atoms with Crippen LogP contribution in [0.3, 0.4) is 0 Å². The molecule has 1 saturated carbocycles. The van der Waals surface area contributed by atoms with E-state index in [2.05, 4.69) is 20.5 Å². The molecule has 0 spiro atoms. The Labute approximate surface area is 173 Å². The highest BCUT2D eigenvalue weighted by Gasteiger charge is 2.45. The molecule has 2 aliphatic rings. The van der Waals surface area contributed by atoms with E-state index in [9.17, 15) is 9.18 Å². The van der Waals surface area contributed by atoms with E-state index in [1.807, 2.05) is 12.1 Å². The maximum absolute atomic E-state index is 14.1. The van der Waals surface area contributed by atoms with Crippen molar-refractivity contribution >= 4 is 11.9 Å². The smallest absolute Gasteiger partial charge is 0.220 e. The van der Waals surface area contributed by atoms with Crippen molar-refractivity contribution in [3.63, 3.8) is 0 Å². The minimum atomic E-state index is -0.157. The van der Waals surface area contributed by atoms with Crippen LogP contribution in [0.4, 0.5) is 4.39 Å². The number of piperidine rings is 1. The van der Waals surface area contributed by atoms with Crippen LogP contribution >= 0.6 is 0 Å². The Bertz CT molecular complexity index is 711. The second-order valence-corrected chi connectivity index (χ2v) is 8.34. The number of guanidine groups is 1. The molecule has 0 aromatic heterocycles. The average molecular weight is 404 g/mol. The molecule has 3 rings (SSSR count). The molecule has 29 heavy (non-hydrogen) atoms. The molecule has 0 atom stereocenters. The molecular formula is C22H34FN5O. The number of benzene rings is 1. The molecule has 1 heterocycles. The summed E-state index contributed by atoms with van der Waals surface area (Å²) in [7, 11) is 1.76. The van der Waals surface area contributed by atoms with Gasteiger partial charge in [-0.25, -0.2) is 4.39 Å². The van der Waals surface area contributed by atoms with Crippen molar-refractivity contribution in [1.29, 1.82) is 0 Å². The lowest BCUT2D eigenvalue weighted by molar-refractivity contribution is -0.123. The first-order chi connectivity index (χ1) is 14.0. The zero-order chi connectivity index (χ0) is 20.7. The Morgan fingerprint density at radius 1 is 1.24 bits per heavy atom. The van der Waals surface area contributed by atoms with Crippen molar-refractivity contribution in [1.82, 2.24) is 15.5 Å². The van der Waals surface area contributed by atoms with Gasteiger partial charge in [0, 0.05) is 31.5 Å². The summed E-state index contributed by atoms with van der Waals surface area (Å²) in [6.07, 6.45) is 5.93. The highest BCUT2D eigenvalue weighted by atomic mass is 19.1. The maximum atomic E-state index is 14.1. The minimum absolute atomic E-state index is 0.0569. The van der Waals surface area contributed by atoms with Crippen molar-refractivity contribution in [2.45, 2.75) is 43.9 Å². The summed E-state index contributed by atoms with van der Waals surface area (Å²) < 4.78 is 14.1. The summed E-state index contributed by atoms with van der Waals surface area (Å²) in [4.78, 5) is 17.9. The Morgan fingerprint density at radius 3 is 2.59 bits per heavy atom. The van der Waals surface area contributed by atoms with Crippen LogP contribution in [-0.4, -0.2) is 56.5 Å². The molecule has 1 saturated heterocycles. The lowest BCUT2D eigenvalue weighted by atomic mass is 9.95. The number of amides is 1. The zero-order valence-corrected chi connectivity index (χ0v) is 17.4.